The normalized spacial score (nSPS) is 15.7. The molecule has 0 radical (unpaired) electrons. The third-order valence-electron chi connectivity index (χ3n) is 4.13. The number of carbonyl (C=O) groups excluding carboxylic acids is 1. The molecule has 0 aromatic heterocycles. The van der Waals surface area contributed by atoms with Gasteiger partial charge in [-0.05, 0) is 31.2 Å². The number of halogens is 2. The largest absolute Gasteiger partial charge is 0.487 e. The lowest BCUT2D eigenvalue weighted by atomic mass is 10.2. The van der Waals surface area contributed by atoms with E-state index in [0.717, 1.165) is 16.1 Å². The van der Waals surface area contributed by atoms with Crippen LogP contribution < -0.4 is 15.5 Å². The average Bonchev–Trinajstić information content (AvgIpc) is 2.96. The number of nitrogens with two attached hydrogens (primary N) is 1. The van der Waals surface area contributed by atoms with Crippen molar-refractivity contribution < 1.29 is 9.53 Å². The molecule has 138 valence electrons. The Kier molecular flexibility index (Phi) is 5.87. The molecule has 1 unspecified atom stereocenters. The molecule has 8 heteroatoms. The van der Waals surface area contributed by atoms with Gasteiger partial charge < -0.3 is 10.5 Å². The molecule has 2 aromatic carbocycles. The summed E-state index contributed by atoms with van der Waals surface area (Å²) in [4.78, 5) is 13.1. The summed E-state index contributed by atoms with van der Waals surface area (Å²) in [7, 11) is 1.71. The van der Waals surface area contributed by atoms with Crippen molar-refractivity contribution in [2.75, 3.05) is 18.6 Å². The third kappa shape index (κ3) is 3.60. The lowest BCUT2D eigenvalue weighted by Gasteiger charge is -2.34. The number of para-hydroxylation sites is 1. The highest BCUT2D eigenvalue weighted by Crippen LogP contribution is 2.49. The average molecular weight is 412 g/mol. The van der Waals surface area contributed by atoms with Crippen LogP contribution in [0.1, 0.15) is 12.5 Å². The SMILES string of the molecule is CC1Sc2cccc(OCc3c(Cl)cccc3Cl)c2N1N(C)C(=O)CN. The monoisotopic (exact) mass is 411 g/mol. The Morgan fingerprint density at radius 1 is 1.27 bits per heavy atom. The fraction of sp³-hybridized carbons (Fsp3) is 0.278. The first-order chi connectivity index (χ1) is 12.4. The van der Waals surface area contributed by atoms with E-state index in [0.29, 0.717) is 15.8 Å². The van der Waals surface area contributed by atoms with E-state index in [1.807, 2.05) is 30.1 Å². The van der Waals surface area contributed by atoms with E-state index in [4.69, 9.17) is 33.7 Å². The van der Waals surface area contributed by atoms with E-state index in [1.54, 1.807) is 42.0 Å². The van der Waals surface area contributed by atoms with Crippen molar-refractivity contribution >= 4 is 46.6 Å². The number of carbonyl (C=O) groups is 1. The topological polar surface area (TPSA) is 58.8 Å². The number of benzene rings is 2. The van der Waals surface area contributed by atoms with E-state index in [9.17, 15) is 4.79 Å². The molecule has 2 aromatic rings. The number of likely N-dealkylation sites (N-methyl/N-ethyl adjacent to an activating group) is 1. The van der Waals surface area contributed by atoms with E-state index < -0.39 is 0 Å². The lowest BCUT2D eigenvalue weighted by molar-refractivity contribution is -0.129. The van der Waals surface area contributed by atoms with Gasteiger partial charge in [0.15, 0.2) is 0 Å². The molecular weight excluding hydrogens is 393 g/mol. The Hall–Kier alpha value is -1.60. The molecule has 0 aliphatic carbocycles. The summed E-state index contributed by atoms with van der Waals surface area (Å²) in [5, 5.41) is 4.59. The van der Waals surface area contributed by atoms with Crippen molar-refractivity contribution in [2.45, 2.75) is 23.8 Å². The van der Waals surface area contributed by atoms with Crippen molar-refractivity contribution in [2.24, 2.45) is 5.73 Å². The van der Waals surface area contributed by atoms with Gasteiger partial charge in [-0.2, -0.15) is 0 Å². The van der Waals surface area contributed by atoms with Crippen molar-refractivity contribution in [1.29, 1.82) is 0 Å². The van der Waals surface area contributed by atoms with Gasteiger partial charge in [0, 0.05) is 27.6 Å². The number of thioether (sulfide) groups is 1. The Morgan fingerprint density at radius 2 is 1.92 bits per heavy atom. The summed E-state index contributed by atoms with van der Waals surface area (Å²) in [6, 6.07) is 11.2. The zero-order chi connectivity index (χ0) is 18.8. The first kappa shape index (κ1) is 19.2. The number of anilines is 1. The van der Waals surface area contributed by atoms with Gasteiger partial charge in [-0.3, -0.25) is 14.8 Å². The van der Waals surface area contributed by atoms with Gasteiger partial charge in [0.25, 0.3) is 5.91 Å². The zero-order valence-corrected chi connectivity index (χ0v) is 16.7. The molecule has 3 rings (SSSR count). The second kappa shape index (κ2) is 7.96. The van der Waals surface area contributed by atoms with Gasteiger partial charge in [0.2, 0.25) is 0 Å². The van der Waals surface area contributed by atoms with Crippen LogP contribution in [-0.2, 0) is 11.4 Å². The number of ether oxygens (including phenoxy) is 1. The number of fused-ring (bicyclic) bond motifs is 1. The second-order valence-corrected chi connectivity index (χ2v) is 7.95. The number of hydrazine groups is 1. The number of hydrogen-bond acceptors (Lipinski definition) is 5. The first-order valence-electron chi connectivity index (χ1n) is 8.05. The lowest BCUT2D eigenvalue weighted by Crippen LogP contribution is -2.48. The van der Waals surface area contributed by atoms with Crippen LogP contribution in [0, 0.1) is 0 Å². The Bertz CT molecular complexity index is 814. The van der Waals surface area contributed by atoms with E-state index in [1.165, 1.54) is 0 Å². The molecule has 1 aliphatic heterocycles. The maximum atomic E-state index is 12.1. The highest BCUT2D eigenvalue weighted by molar-refractivity contribution is 8.00. The quantitative estimate of drug-likeness (QED) is 0.799. The van der Waals surface area contributed by atoms with Crippen LogP contribution in [0.15, 0.2) is 41.3 Å². The molecule has 1 amide bonds. The van der Waals surface area contributed by atoms with Gasteiger partial charge in [0.1, 0.15) is 18.0 Å². The predicted molar refractivity (Wildman–Crippen MR) is 107 cm³/mol. The van der Waals surface area contributed by atoms with Gasteiger partial charge in [-0.25, -0.2) is 0 Å². The summed E-state index contributed by atoms with van der Waals surface area (Å²) in [5.41, 5.74) is 7.10. The summed E-state index contributed by atoms with van der Waals surface area (Å²) in [6.07, 6.45) is 0. The fourth-order valence-corrected chi connectivity index (χ4v) is 4.50. The van der Waals surface area contributed by atoms with Gasteiger partial charge >= 0.3 is 0 Å². The van der Waals surface area contributed by atoms with Crippen LogP contribution in [0.2, 0.25) is 10.0 Å². The van der Waals surface area contributed by atoms with E-state index in [2.05, 4.69) is 0 Å². The van der Waals surface area contributed by atoms with Gasteiger partial charge in [0.05, 0.1) is 11.9 Å². The Balaban J connectivity index is 1.91. The van der Waals surface area contributed by atoms with E-state index in [-0.39, 0.29) is 24.4 Å². The van der Waals surface area contributed by atoms with Crippen LogP contribution >= 0.6 is 35.0 Å². The molecule has 26 heavy (non-hydrogen) atoms. The maximum absolute atomic E-state index is 12.1. The van der Waals surface area contributed by atoms with Crippen LogP contribution in [0.4, 0.5) is 5.69 Å². The molecule has 1 aliphatic rings. The minimum atomic E-state index is -0.172. The van der Waals surface area contributed by atoms with Crippen LogP contribution in [0.3, 0.4) is 0 Å². The molecule has 0 fully saturated rings. The zero-order valence-electron chi connectivity index (χ0n) is 14.4. The summed E-state index contributed by atoms with van der Waals surface area (Å²) in [6.45, 7) is 2.20. The number of amides is 1. The molecule has 1 heterocycles. The minimum Gasteiger partial charge on any atom is -0.487 e. The highest BCUT2D eigenvalue weighted by Gasteiger charge is 2.34. The third-order valence-corrected chi connectivity index (χ3v) is 5.96. The molecule has 5 nitrogen and oxygen atoms in total. The van der Waals surface area contributed by atoms with Crippen molar-refractivity contribution in [3.05, 3.63) is 52.0 Å². The van der Waals surface area contributed by atoms with Crippen molar-refractivity contribution in [3.8, 4) is 5.75 Å². The maximum Gasteiger partial charge on any atom is 0.254 e. The molecule has 0 spiro atoms. The smallest absolute Gasteiger partial charge is 0.254 e. The molecule has 0 bridgehead atoms. The molecule has 0 saturated carbocycles. The fourth-order valence-electron chi connectivity index (χ4n) is 2.82. The van der Waals surface area contributed by atoms with Crippen LogP contribution in [0.25, 0.3) is 0 Å². The molecule has 0 saturated heterocycles. The summed E-state index contributed by atoms with van der Waals surface area (Å²) < 4.78 is 6.05. The number of rotatable bonds is 5. The minimum absolute atomic E-state index is 0.0409. The second-order valence-electron chi connectivity index (χ2n) is 5.77. The number of hydrogen-bond donors (Lipinski definition) is 1. The summed E-state index contributed by atoms with van der Waals surface area (Å²) >= 11 is 14.1. The highest BCUT2D eigenvalue weighted by atomic mass is 35.5. The van der Waals surface area contributed by atoms with Crippen LogP contribution in [-0.4, -0.2) is 29.9 Å². The molecule has 2 N–H and O–H groups in total. The molecule has 1 atom stereocenters. The summed E-state index contributed by atoms with van der Waals surface area (Å²) in [5.74, 6) is 0.487. The standard InChI is InChI=1S/C18H19Cl2N3O2S/c1-11-23(22(2)17(24)9-21)18-15(7-4-8-16(18)26-11)25-10-12-13(19)5-3-6-14(12)20/h3-8,11H,9-10,21H2,1-2H3. The van der Waals surface area contributed by atoms with Gasteiger partial charge in [-0.1, -0.05) is 47.1 Å². The van der Waals surface area contributed by atoms with Gasteiger partial charge in [-0.15, -0.1) is 0 Å². The van der Waals surface area contributed by atoms with E-state index >= 15 is 0 Å². The Morgan fingerprint density at radius 3 is 2.58 bits per heavy atom. The molecular formula is C18H19Cl2N3O2S. The Labute approximate surface area is 167 Å². The predicted octanol–water partition coefficient (Wildman–Crippen LogP) is 4.16. The number of nitrogens with zero attached hydrogens (tertiary/aromatic N) is 2. The van der Waals surface area contributed by atoms with Crippen LogP contribution in [0.5, 0.6) is 5.75 Å². The van der Waals surface area contributed by atoms with Crippen molar-refractivity contribution in [1.82, 2.24) is 5.01 Å². The first-order valence-corrected chi connectivity index (χ1v) is 9.68. The van der Waals surface area contributed by atoms with Crippen molar-refractivity contribution in [3.63, 3.8) is 0 Å².